The highest BCUT2D eigenvalue weighted by atomic mass is 16.6. The van der Waals surface area contributed by atoms with E-state index in [-0.39, 0.29) is 30.6 Å². The second-order valence-corrected chi connectivity index (χ2v) is 5.43. The van der Waals surface area contributed by atoms with Crippen LogP contribution >= 0.6 is 0 Å². The lowest BCUT2D eigenvalue weighted by molar-refractivity contribution is -0.130. The highest BCUT2D eigenvalue weighted by Gasteiger charge is 2.44. The lowest BCUT2D eigenvalue weighted by Crippen LogP contribution is -2.67. The monoisotopic (exact) mass is 226 g/mol. The molecule has 1 N–H and O–H groups in total. The molecule has 0 aromatic carbocycles. The lowest BCUT2D eigenvalue weighted by Gasteiger charge is -2.47. The zero-order valence-corrected chi connectivity index (χ0v) is 9.95. The molecule has 0 bridgehead atoms. The van der Waals surface area contributed by atoms with Gasteiger partial charge in [0.25, 0.3) is 0 Å². The number of piperazine rings is 1. The highest BCUT2D eigenvalue weighted by molar-refractivity contribution is 5.84. The number of nitrogens with zero attached hydrogens (tertiary/aromatic N) is 1. The van der Waals surface area contributed by atoms with Crippen LogP contribution in [-0.4, -0.2) is 41.1 Å². The van der Waals surface area contributed by atoms with Gasteiger partial charge < -0.3 is 10.1 Å². The van der Waals surface area contributed by atoms with Crippen LogP contribution in [-0.2, 0) is 9.53 Å². The van der Waals surface area contributed by atoms with Gasteiger partial charge in [0.15, 0.2) is 0 Å². The molecule has 0 spiro atoms. The fraction of sp³-hybridized carbons (Fsp3) is 0.818. The van der Waals surface area contributed by atoms with Crippen LogP contribution in [0.1, 0.15) is 33.6 Å². The van der Waals surface area contributed by atoms with E-state index in [0.717, 1.165) is 12.8 Å². The average Bonchev–Trinajstić information content (AvgIpc) is 2.07. The Hall–Kier alpha value is -1.26. The molecule has 1 saturated heterocycles. The second-order valence-electron chi connectivity index (χ2n) is 5.43. The van der Waals surface area contributed by atoms with E-state index in [9.17, 15) is 9.59 Å². The van der Waals surface area contributed by atoms with Crippen LogP contribution in [0, 0.1) is 0 Å². The molecule has 2 fully saturated rings. The third kappa shape index (κ3) is 2.13. The molecule has 90 valence electrons. The molecule has 2 amide bonds. The Kier molecular flexibility index (Phi) is 2.56. The summed E-state index contributed by atoms with van der Waals surface area (Å²) in [5, 5.41) is 2.88. The number of amides is 2. The summed E-state index contributed by atoms with van der Waals surface area (Å²) in [6, 6.07) is 0.265. The molecule has 1 aliphatic heterocycles. The van der Waals surface area contributed by atoms with Gasteiger partial charge in [0, 0.05) is 6.04 Å². The molecule has 0 radical (unpaired) electrons. The highest BCUT2D eigenvalue weighted by Crippen LogP contribution is 2.29. The summed E-state index contributed by atoms with van der Waals surface area (Å²) in [5.41, 5.74) is -0.510. The van der Waals surface area contributed by atoms with Crippen molar-refractivity contribution in [3.05, 3.63) is 0 Å². The van der Waals surface area contributed by atoms with Gasteiger partial charge in [0.1, 0.15) is 12.1 Å². The first-order valence-electron chi connectivity index (χ1n) is 5.66. The number of carbonyl (C=O) groups is 2. The molecule has 2 atom stereocenters. The van der Waals surface area contributed by atoms with Crippen molar-refractivity contribution in [3.8, 4) is 0 Å². The van der Waals surface area contributed by atoms with Crippen LogP contribution in [0.15, 0.2) is 0 Å². The topological polar surface area (TPSA) is 58.6 Å². The van der Waals surface area contributed by atoms with E-state index in [1.165, 1.54) is 0 Å². The van der Waals surface area contributed by atoms with Crippen molar-refractivity contribution >= 4 is 12.0 Å². The van der Waals surface area contributed by atoms with Gasteiger partial charge in [-0.25, -0.2) is 4.79 Å². The van der Waals surface area contributed by atoms with Crippen molar-refractivity contribution in [2.45, 2.75) is 51.3 Å². The quantitative estimate of drug-likeness (QED) is 0.667. The third-order valence-corrected chi connectivity index (χ3v) is 2.93. The van der Waals surface area contributed by atoms with Gasteiger partial charge in [-0.05, 0) is 33.6 Å². The van der Waals surface area contributed by atoms with Crippen LogP contribution in [0.5, 0.6) is 0 Å². The van der Waals surface area contributed by atoms with Crippen LogP contribution in [0.3, 0.4) is 0 Å². The standard InChI is InChI=1S/C11H18N2O3/c1-11(2,3)16-10(15)13-6-9(14)12-7-4-5-8(7)13/h7-8H,4-6H2,1-3H3,(H,12,14)/t7-,8-/m1/s1. The summed E-state index contributed by atoms with van der Waals surface area (Å²) < 4.78 is 5.29. The summed E-state index contributed by atoms with van der Waals surface area (Å²) in [7, 11) is 0. The molecule has 0 unspecified atom stereocenters. The molecule has 1 saturated carbocycles. The van der Waals surface area contributed by atoms with Crippen LogP contribution in [0.4, 0.5) is 4.79 Å². The second kappa shape index (κ2) is 3.64. The van der Waals surface area contributed by atoms with Crippen LogP contribution in [0.2, 0.25) is 0 Å². The minimum atomic E-state index is -0.510. The van der Waals surface area contributed by atoms with Crippen molar-refractivity contribution in [2.24, 2.45) is 0 Å². The van der Waals surface area contributed by atoms with E-state index in [4.69, 9.17) is 4.74 Å². The Morgan fingerprint density at radius 2 is 2.12 bits per heavy atom. The lowest BCUT2D eigenvalue weighted by atomic mass is 9.83. The first-order valence-corrected chi connectivity index (χ1v) is 5.66. The minimum absolute atomic E-state index is 0.0909. The van der Waals surface area contributed by atoms with Crippen molar-refractivity contribution in [2.75, 3.05) is 6.54 Å². The van der Waals surface area contributed by atoms with Gasteiger partial charge in [0.2, 0.25) is 5.91 Å². The number of rotatable bonds is 0. The molecule has 16 heavy (non-hydrogen) atoms. The average molecular weight is 226 g/mol. The summed E-state index contributed by atoms with van der Waals surface area (Å²) >= 11 is 0. The predicted molar refractivity (Wildman–Crippen MR) is 57.9 cm³/mol. The predicted octanol–water partition coefficient (Wildman–Crippen LogP) is 0.884. The third-order valence-electron chi connectivity index (χ3n) is 2.93. The molecular weight excluding hydrogens is 208 g/mol. The maximum absolute atomic E-state index is 11.9. The SMILES string of the molecule is CC(C)(C)OC(=O)N1CC(=O)N[C@@H]2CC[C@H]21. The molecule has 0 aromatic rings. The molecule has 1 heterocycles. The smallest absolute Gasteiger partial charge is 0.411 e. The number of nitrogens with one attached hydrogen (secondary N) is 1. The zero-order valence-electron chi connectivity index (χ0n) is 9.95. The number of fused-ring (bicyclic) bond motifs is 1. The normalized spacial score (nSPS) is 28.9. The maximum atomic E-state index is 11.9. The largest absolute Gasteiger partial charge is 0.444 e. The van der Waals surface area contributed by atoms with E-state index < -0.39 is 5.60 Å². The minimum Gasteiger partial charge on any atom is -0.444 e. The van der Waals surface area contributed by atoms with Gasteiger partial charge in [0.05, 0.1) is 6.04 Å². The fourth-order valence-electron chi connectivity index (χ4n) is 2.07. The van der Waals surface area contributed by atoms with E-state index in [2.05, 4.69) is 5.32 Å². The molecule has 5 heteroatoms. The fourth-order valence-corrected chi connectivity index (χ4v) is 2.07. The summed E-state index contributed by atoms with van der Waals surface area (Å²) in [6.07, 6.45) is 1.52. The summed E-state index contributed by atoms with van der Waals surface area (Å²) in [6.45, 7) is 5.60. The molecular formula is C11H18N2O3. The maximum Gasteiger partial charge on any atom is 0.411 e. The molecule has 2 aliphatic rings. The number of hydrogen-bond acceptors (Lipinski definition) is 3. The van der Waals surface area contributed by atoms with Crippen molar-refractivity contribution in [3.63, 3.8) is 0 Å². The first-order chi connectivity index (χ1) is 7.37. The van der Waals surface area contributed by atoms with Gasteiger partial charge >= 0.3 is 6.09 Å². The van der Waals surface area contributed by atoms with Crippen LogP contribution in [0.25, 0.3) is 0 Å². The Morgan fingerprint density at radius 3 is 2.62 bits per heavy atom. The Labute approximate surface area is 95.1 Å². The Balaban J connectivity index is 2.02. The number of carbonyl (C=O) groups excluding carboxylic acids is 2. The number of hydrogen-bond donors (Lipinski definition) is 1. The Morgan fingerprint density at radius 1 is 1.44 bits per heavy atom. The Bertz CT molecular complexity index is 322. The molecule has 0 aromatic heterocycles. The van der Waals surface area contributed by atoms with Crippen LogP contribution < -0.4 is 5.32 Å². The van der Waals surface area contributed by atoms with Crippen molar-refractivity contribution in [1.82, 2.24) is 10.2 Å². The molecule has 1 aliphatic carbocycles. The van der Waals surface area contributed by atoms with E-state index in [1.807, 2.05) is 20.8 Å². The molecule has 5 nitrogen and oxygen atoms in total. The van der Waals surface area contributed by atoms with Crippen molar-refractivity contribution in [1.29, 1.82) is 0 Å². The van der Waals surface area contributed by atoms with E-state index in [1.54, 1.807) is 4.90 Å². The van der Waals surface area contributed by atoms with E-state index >= 15 is 0 Å². The number of ether oxygens (including phenoxy) is 1. The zero-order chi connectivity index (χ0) is 11.9. The summed E-state index contributed by atoms with van der Waals surface area (Å²) in [5.74, 6) is -0.0909. The first kappa shape index (κ1) is 11.2. The summed E-state index contributed by atoms with van der Waals surface area (Å²) in [4.78, 5) is 24.8. The van der Waals surface area contributed by atoms with Gasteiger partial charge in [-0.2, -0.15) is 0 Å². The van der Waals surface area contributed by atoms with Gasteiger partial charge in [-0.1, -0.05) is 0 Å². The van der Waals surface area contributed by atoms with Gasteiger partial charge in [-0.3, -0.25) is 9.69 Å². The van der Waals surface area contributed by atoms with Crippen molar-refractivity contribution < 1.29 is 14.3 Å². The van der Waals surface area contributed by atoms with E-state index in [0.29, 0.717) is 0 Å². The van der Waals surface area contributed by atoms with Gasteiger partial charge in [-0.15, -0.1) is 0 Å². The molecule has 2 rings (SSSR count).